The average Bonchev–Trinajstić information content (AvgIpc) is 3.61. The second kappa shape index (κ2) is 30.8. The highest BCUT2D eigenvalue weighted by molar-refractivity contribution is 8.08. The van der Waals surface area contributed by atoms with Gasteiger partial charge in [-0.15, -0.1) is 12.4 Å². The highest BCUT2D eigenvalue weighted by Crippen LogP contribution is 2.52. The van der Waals surface area contributed by atoms with Gasteiger partial charge in [-0.25, -0.2) is 4.57 Å². The normalized spacial score (nSPS) is 13.6. The van der Waals surface area contributed by atoms with Gasteiger partial charge in [0.15, 0.2) is 5.75 Å². The number of halogens is 5. The van der Waals surface area contributed by atoms with Crippen molar-refractivity contribution >= 4 is 83.6 Å². The Morgan fingerprint density at radius 2 is 1.33 bits per heavy atom. The Hall–Kier alpha value is -2.28. The third kappa shape index (κ3) is 33.6. The molecule has 0 bridgehead atoms. The zero-order valence-electron chi connectivity index (χ0n) is 31.0. The number of para-hydroxylation sites is 1. The van der Waals surface area contributed by atoms with E-state index >= 15 is 0 Å². The summed E-state index contributed by atoms with van der Waals surface area (Å²) >= 11 is 21.1. The van der Waals surface area contributed by atoms with E-state index in [9.17, 15) is 18.7 Å². The van der Waals surface area contributed by atoms with Crippen LogP contribution in [0.1, 0.15) is 61.8 Å². The zero-order chi connectivity index (χ0) is 40.6. The van der Waals surface area contributed by atoms with Gasteiger partial charge in [-0.3, -0.25) is 19.1 Å². The van der Waals surface area contributed by atoms with Gasteiger partial charge in [-0.2, -0.15) is 5.09 Å². The van der Waals surface area contributed by atoms with Gasteiger partial charge in [-0.05, 0) is 107 Å². The van der Waals surface area contributed by atoms with E-state index in [2.05, 4.69) is 10.1 Å². The predicted octanol–water partition coefficient (Wildman–Crippen LogP) is 10.7. The summed E-state index contributed by atoms with van der Waals surface area (Å²) in [5.74, 6) is -2.97. The minimum atomic E-state index is -3.99. The predicted molar refractivity (Wildman–Crippen MR) is 226 cm³/mol. The standard InChI is InChI=1S/C17H20ClN2O5P.C6H5ClO.C6H13NO2.C4H8O.CH3Cl2OP.CH4.ClH/c1-12(2)23-17(21)13(3)20-26(22,24-15-7-5-4-6-8-15)25-16-9-14(18)10-19-11-16;7-5-2-1-3-6(8)4-5;1-4(2)9-6(8)5(3)7;1-2-4-5-3-1;1-5(2,3)4;;/h4-13H,1-3H3,(H,20,22);1-4,8H;4-5H,7H2,1-3H3;1-4H2;1H3;1H4;1H/t13-,26?;;5-;;;;/m0.0..../s1. The SMILES string of the molecule is C.C1CCOC1.CC(C)OC(=O)[C@H](C)N.CC(C)OC(=O)[C@H](C)NP(=O)(Oc1ccccc1)Oc1cncc(Cl)c1.CP(=O)(Cl)Cl.Cl.Oc1cccc(Cl)c1. The third-order valence-corrected chi connectivity index (χ3v) is 7.34. The van der Waals surface area contributed by atoms with Gasteiger partial charge in [0.25, 0.3) is 0 Å². The van der Waals surface area contributed by atoms with Crippen LogP contribution < -0.4 is 19.9 Å². The maximum atomic E-state index is 13.2. The van der Waals surface area contributed by atoms with Gasteiger partial charge in [-0.1, -0.05) is 54.9 Å². The molecule has 55 heavy (non-hydrogen) atoms. The van der Waals surface area contributed by atoms with Crippen molar-refractivity contribution in [3.8, 4) is 17.2 Å². The summed E-state index contributed by atoms with van der Waals surface area (Å²) in [6.45, 7) is 13.4. The summed E-state index contributed by atoms with van der Waals surface area (Å²) in [6.07, 6.45) is 4.93. The number of hydrogen-bond acceptors (Lipinski definition) is 12. The van der Waals surface area contributed by atoms with Gasteiger partial charge in [0.1, 0.15) is 23.6 Å². The highest BCUT2D eigenvalue weighted by atomic mass is 35.9. The van der Waals surface area contributed by atoms with Crippen LogP contribution in [0.4, 0.5) is 0 Å². The second-order valence-corrected chi connectivity index (χ2v) is 19.8. The molecule has 13 nitrogen and oxygen atoms in total. The number of hydrogen-bond donors (Lipinski definition) is 3. The molecule has 3 atom stereocenters. The molecule has 1 aromatic heterocycles. The molecule has 20 heteroatoms. The van der Waals surface area contributed by atoms with Crippen LogP contribution in [0.15, 0.2) is 73.1 Å². The molecule has 0 amide bonds. The first kappa shape index (κ1) is 57.0. The molecule has 314 valence electrons. The van der Waals surface area contributed by atoms with E-state index in [0.29, 0.717) is 15.8 Å². The lowest BCUT2D eigenvalue weighted by Gasteiger charge is -2.23. The minimum absolute atomic E-state index is 0. The molecule has 0 spiro atoms. The molecular weight excluding hydrogens is 862 g/mol. The van der Waals surface area contributed by atoms with E-state index in [1.54, 1.807) is 83.1 Å². The van der Waals surface area contributed by atoms with Gasteiger partial charge in [0.2, 0.25) is 5.85 Å². The summed E-state index contributed by atoms with van der Waals surface area (Å²) < 4.78 is 48.8. The molecule has 2 heterocycles. The van der Waals surface area contributed by atoms with Crippen LogP contribution in [0.2, 0.25) is 10.0 Å². The number of esters is 2. The number of carbonyl (C=O) groups excluding carboxylic acids is 2. The van der Waals surface area contributed by atoms with Crippen molar-refractivity contribution in [1.82, 2.24) is 10.1 Å². The highest BCUT2D eigenvalue weighted by Gasteiger charge is 2.34. The minimum Gasteiger partial charge on any atom is -0.508 e. The molecule has 1 fully saturated rings. The maximum Gasteiger partial charge on any atom is 0.513 e. The number of benzene rings is 2. The van der Waals surface area contributed by atoms with Gasteiger partial charge in [0.05, 0.1) is 23.4 Å². The lowest BCUT2D eigenvalue weighted by molar-refractivity contribution is -0.149. The van der Waals surface area contributed by atoms with E-state index in [1.807, 2.05) is 0 Å². The van der Waals surface area contributed by atoms with Gasteiger partial charge >= 0.3 is 19.7 Å². The molecule has 0 aliphatic carbocycles. The number of phenolic OH excluding ortho intramolecular Hbond substituents is 1. The Morgan fingerprint density at radius 3 is 1.71 bits per heavy atom. The van der Waals surface area contributed by atoms with E-state index in [4.69, 9.17) is 79.8 Å². The first-order valence-electron chi connectivity index (χ1n) is 16.2. The van der Waals surface area contributed by atoms with Crippen molar-refractivity contribution in [1.29, 1.82) is 0 Å². The first-order chi connectivity index (χ1) is 24.6. The van der Waals surface area contributed by atoms with Crippen molar-refractivity contribution < 1.29 is 47.1 Å². The van der Waals surface area contributed by atoms with Crippen molar-refractivity contribution in [3.05, 3.63) is 83.1 Å². The summed E-state index contributed by atoms with van der Waals surface area (Å²) in [5.41, 5.74) is 5.21. The molecule has 4 N–H and O–H groups in total. The van der Waals surface area contributed by atoms with Crippen LogP contribution in [-0.2, 0) is 32.9 Å². The fourth-order valence-electron chi connectivity index (χ4n) is 3.22. The molecule has 0 saturated carbocycles. The quantitative estimate of drug-likeness (QED) is 0.129. The van der Waals surface area contributed by atoms with Crippen molar-refractivity contribution in [2.24, 2.45) is 5.73 Å². The van der Waals surface area contributed by atoms with Crippen molar-refractivity contribution in [2.75, 3.05) is 19.9 Å². The van der Waals surface area contributed by atoms with E-state index < -0.39 is 31.6 Å². The Morgan fingerprint density at radius 1 is 0.818 bits per heavy atom. The second-order valence-electron chi connectivity index (χ2n) is 11.5. The number of nitrogens with one attached hydrogen (secondary N) is 1. The monoisotopic (exact) mass is 913 g/mol. The molecule has 3 aromatic rings. The Balaban J connectivity index is -0.000000757. The lowest BCUT2D eigenvalue weighted by atomic mass is 10.3. The third-order valence-electron chi connectivity index (χ3n) is 5.29. The lowest BCUT2D eigenvalue weighted by Crippen LogP contribution is -2.36. The molecule has 1 aliphatic rings. The maximum absolute atomic E-state index is 13.2. The topological polar surface area (TPSA) is 186 Å². The molecule has 2 aromatic carbocycles. The molecule has 4 rings (SSSR count). The Labute approximate surface area is 351 Å². The molecule has 1 unspecified atom stereocenters. The first-order valence-corrected chi connectivity index (χ1v) is 22.4. The fraction of sp³-hybridized carbons (Fsp3) is 0.457. The summed E-state index contributed by atoms with van der Waals surface area (Å²) in [5, 5.41) is 12.2. The van der Waals surface area contributed by atoms with E-state index in [-0.39, 0.29) is 49.5 Å². The van der Waals surface area contributed by atoms with Gasteiger partial charge < -0.3 is 34.1 Å². The van der Waals surface area contributed by atoms with Crippen molar-refractivity contribution in [2.45, 2.75) is 86.1 Å². The van der Waals surface area contributed by atoms with Crippen LogP contribution in [0.3, 0.4) is 0 Å². The van der Waals surface area contributed by atoms with Gasteiger partial charge in [0, 0.05) is 37.2 Å². The summed E-state index contributed by atoms with van der Waals surface area (Å²) in [7, 11) is -3.99. The number of pyridine rings is 1. The summed E-state index contributed by atoms with van der Waals surface area (Å²) in [6, 6.07) is 14.9. The number of phenols is 1. The van der Waals surface area contributed by atoms with Crippen LogP contribution in [0.25, 0.3) is 0 Å². The summed E-state index contributed by atoms with van der Waals surface area (Å²) in [4.78, 5) is 26.5. The number of aromatic nitrogens is 1. The van der Waals surface area contributed by atoms with E-state index in [0.717, 1.165) is 13.2 Å². The number of aromatic hydroxyl groups is 1. The van der Waals surface area contributed by atoms with Crippen LogP contribution in [0, 0.1) is 0 Å². The Bertz CT molecular complexity index is 1550. The van der Waals surface area contributed by atoms with Crippen LogP contribution >= 0.6 is 71.7 Å². The number of rotatable bonds is 10. The molecular formula is C35H54Cl5N3O10P2. The molecule has 1 aliphatic heterocycles. The van der Waals surface area contributed by atoms with E-state index in [1.165, 1.54) is 51.0 Å². The smallest absolute Gasteiger partial charge is 0.508 e. The Kier molecular flexibility index (Phi) is 32.0. The van der Waals surface area contributed by atoms with Crippen LogP contribution in [0.5, 0.6) is 17.2 Å². The number of carbonyl (C=O) groups is 2. The van der Waals surface area contributed by atoms with Crippen LogP contribution in [-0.4, -0.2) is 66.2 Å². The number of ether oxygens (including phenoxy) is 3. The van der Waals surface area contributed by atoms with Crippen molar-refractivity contribution in [3.63, 3.8) is 0 Å². The number of nitrogens with zero attached hydrogens (tertiary/aromatic N) is 1. The molecule has 0 radical (unpaired) electrons. The average molecular weight is 916 g/mol. The number of nitrogens with two attached hydrogens (primary N) is 1. The zero-order valence-corrected chi connectivity index (χ0v) is 36.7. The molecule has 1 saturated heterocycles. The fourth-order valence-corrected chi connectivity index (χ4v) is 5.07. The largest absolute Gasteiger partial charge is 0.513 e.